The van der Waals surface area contributed by atoms with Crippen LogP contribution in [0.1, 0.15) is 18.1 Å². The van der Waals surface area contributed by atoms with Crippen molar-refractivity contribution in [3.05, 3.63) is 65.7 Å². The molecule has 0 bridgehead atoms. The molecule has 1 aromatic heterocycles. The van der Waals surface area contributed by atoms with Crippen molar-refractivity contribution in [3.63, 3.8) is 0 Å². The third-order valence-electron chi connectivity index (χ3n) is 4.06. The van der Waals surface area contributed by atoms with Gasteiger partial charge in [-0.1, -0.05) is 18.2 Å². The third-order valence-corrected chi connectivity index (χ3v) is 4.06. The van der Waals surface area contributed by atoms with Crippen LogP contribution in [0.15, 0.2) is 48.8 Å². The summed E-state index contributed by atoms with van der Waals surface area (Å²) < 4.78 is 14.0. The fraction of sp³-hybridized carbons (Fsp3) is 0.235. The molecule has 1 atom stereocenters. The van der Waals surface area contributed by atoms with Crippen LogP contribution in [-0.2, 0) is 16.8 Å². The molecule has 1 N–H and O–H groups in total. The molecule has 1 aromatic carbocycles. The number of amides is 3. The van der Waals surface area contributed by atoms with Gasteiger partial charge in [0.1, 0.15) is 11.4 Å². The lowest BCUT2D eigenvalue weighted by Gasteiger charge is -2.22. The SMILES string of the molecule is C[C@]1(c2ccccc2F)NC(=O)N(CCc2ccncc2)C1=O. The molecule has 118 valence electrons. The molecule has 3 amide bonds. The van der Waals surface area contributed by atoms with Gasteiger partial charge in [0.25, 0.3) is 5.91 Å². The Kier molecular flexibility index (Phi) is 3.82. The highest BCUT2D eigenvalue weighted by Crippen LogP contribution is 2.30. The van der Waals surface area contributed by atoms with E-state index in [0.717, 1.165) is 10.5 Å². The van der Waals surface area contributed by atoms with Gasteiger partial charge in [-0.2, -0.15) is 0 Å². The summed E-state index contributed by atoms with van der Waals surface area (Å²) in [5, 5.41) is 2.61. The van der Waals surface area contributed by atoms with Crippen molar-refractivity contribution < 1.29 is 14.0 Å². The van der Waals surface area contributed by atoms with E-state index in [1.807, 2.05) is 12.1 Å². The van der Waals surface area contributed by atoms with E-state index < -0.39 is 23.3 Å². The molecule has 2 heterocycles. The van der Waals surface area contributed by atoms with E-state index in [9.17, 15) is 14.0 Å². The fourth-order valence-corrected chi connectivity index (χ4v) is 2.74. The first-order valence-corrected chi connectivity index (χ1v) is 7.30. The Bertz CT molecular complexity index is 751. The average molecular weight is 313 g/mol. The van der Waals surface area contributed by atoms with Crippen molar-refractivity contribution in [2.75, 3.05) is 6.54 Å². The van der Waals surface area contributed by atoms with Crippen molar-refractivity contribution in [2.45, 2.75) is 18.9 Å². The quantitative estimate of drug-likeness (QED) is 0.881. The van der Waals surface area contributed by atoms with Crippen LogP contribution in [0.5, 0.6) is 0 Å². The summed E-state index contributed by atoms with van der Waals surface area (Å²) in [4.78, 5) is 29.9. The summed E-state index contributed by atoms with van der Waals surface area (Å²) in [6, 6.07) is 9.13. The first-order chi connectivity index (χ1) is 11.0. The molecule has 0 unspecified atom stereocenters. The topological polar surface area (TPSA) is 62.3 Å². The van der Waals surface area contributed by atoms with Crippen molar-refractivity contribution in [1.82, 2.24) is 15.2 Å². The van der Waals surface area contributed by atoms with Crippen molar-refractivity contribution in [3.8, 4) is 0 Å². The molecule has 23 heavy (non-hydrogen) atoms. The molecule has 0 radical (unpaired) electrons. The Balaban J connectivity index is 1.81. The Morgan fingerprint density at radius 1 is 1.17 bits per heavy atom. The Hall–Kier alpha value is -2.76. The minimum atomic E-state index is -1.37. The van der Waals surface area contributed by atoms with Crippen LogP contribution in [-0.4, -0.2) is 28.4 Å². The summed E-state index contributed by atoms with van der Waals surface area (Å²) in [5.41, 5.74) is -0.231. The molecule has 1 saturated heterocycles. The van der Waals surface area contributed by atoms with Gasteiger partial charge in [0.05, 0.1) is 0 Å². The minimum Gasteiger partial charge on any atom is -0.319 e. The second-order valence-electron chi connectivity index (χ2n) is 5.60. The maximum absolute atomic E-state index is 14.0. The van der Waals surface area contributed by atoms with Gasteiger partial charge in [0, 0.05) is 24.5 Å². The number of hydrogen-bond acceptors (Lipinski definition) is 3. The molecular formula is C17H16FN3O2. The Labute approximate surface area is 133 Å². The Morgan fingerprint density at radius 2 is 1.87 bits per heavy atom. The van der Waals surface area contributed by atoms with E-state index in [-0.39, 0.29) is 12.1 Å². The first-order valence-electron chi connectivity index (χ1n) is 7.30. The molecule has 2 aromatic rings. The Morgan fingerprint density at radius 3 is 2.57 bits per heavy atom. The zero-order valence-corrected chi connectivity index (χ0v) is 12.6. The zero-order chi connectivity index (χ0) is 16.4. The van der Waals surface area contributed by atoms with Gasteiger partial charge >= 0.3 is 6.03 Å². The minimum absolute atomic E-state index is 0.171. The smallest absolute Gasteiger partial charge is 0.319 e. The average Bonchev–Trinajstić information content (AvgIpc) is 2.77. The normalized spacial score (nSPS) is 20.7. The van der Waals surface area contributed by atoms with Crippen LogP contribution >= 0.6 is 0 Å². The van der Waals surface area contributed by atoms with Gasteiger partial charge in [-0.05, 0) is 37.1 Å². The van der Waals surface area contributed by atoms with Gasteiger partial charge < -0.3 is 5.32 Å². The highest BCUT2D eigenvalue weighted by atomic mass is 19.1. The summed E-state index contributed by atoms with van der Waals surface area (Å²) in [7, 11) is 0. The van der Waals surface area contributed by atoms with Gasteiger partial charge in [0.2, 0.25) is 0 Å². The molecule has 5 nitrogen and oxygen atoms in total. The van der Waals surface area contributed by atoms with Gasteiger partial charge in [-0.15, -0.1) is 0 Å². The zero-order valence-electron chi connectivity index (χ0n) is 12.6. The van der Waals surface area contributed by atoms with Crippen LogP contribution in [0.4, 0.5) is 9.18 Å². The predicted octanol–water partition coefficient (Wildman–Crippen LogP) is 2.23. The highest BCUT2D eigenvalue weighted by Gasteiger charge is 2.49. The van der Waals surface area contributed by atoms with Crippen molar-refractivity contribution in [2.24, 2.45) is 0 Å². The third kappa shape index (κ3) is 2.67. The number of imide groups is 1. The molecule has 1 aliphatic heterocycles. The molecular weight excluding hydrogens is 297 g/mol. The monoisotopic (exact) mass is 313 g/mol. The number of carbonyl (C=O) groups is 2. The van der Waals surface area contributed by atoms with E-state index >= 15 is 0 Å². The second-order valence-corrected chi connectivity index (χ2v) is 5.60. The highest BCUT2D eigenvalue weighted by molar-refractivity contribution is 6.07. The number of nitrogens with zero attached hydrogens (tertiary/aromatic N) is 2. The van der Waals surface area contributed by atoms with Crippen molar-refractivity contribution in [1.29, 1.82) is 0 Å². The summed E-state index contributed by atoms with van der Waals surface area (Å²) >= 11 is 0. The summed E-state index contributed by atoms with van der Waals surface area (Å²) in [6.07, 6.45) is 3.84. The second kappa shape index (κ2) is 5.79. The first kappa shape index (κ1) is 15.1. The van der Waals surface area contributed by atoms with Crippen LogP contribution in [0.2, 0.25) is 0 Å². The predicted molar refractivity (Wildman–Crippen MR) is 81.9 cm³/mol. The van der Waals surface area contributed by atoms with E-state index in [4.69, 9.17) is 0 Å². The van der Waals surface area contributed by atoms with Gasteiger partial charge in [-0.3, -0.25) is 14.7 Å². The van der Waals surface area contributed by atoms with E-state index in [2.05, 4.69) is 10.3 Å². The lowest BCUT2D eigenvalue weighted by atomic mass is 9.91. The number of aromatic nitrogens is 1. The number of nitrogens with one attached hydrogen (secondary N) is 1. The van der Waals surface area contributed by atoms with E-state index in [0.29, 0.717) is 6.42 Å². The van der Waals surface area contributed by atoms with Crippen LogP contribution in [0, 0.1) is 5.82 Å². The van der Waals surface area contributed by atoms with Crippen LogP contribution < -0.4 is 5.32 Å². The fourth-order valence-electron chi connectivity index (χ4n) is 2.74. The van der Waals surface area contributed by atoms with Crippen LogP contribution in [0.25, 0.3) is 0 Å². The standard InChI is InChI=1S/C17H16FN3O2/c1-17(13-4-2-3-5-14(13)18)15(22)21(16(23)20-17)11-8-12-6-9-19-10-7-12/h2-7,9-10H,8,11H2,1H3,(H,20,23)/t17-/m1/s1. The number of carbonyl (C=O) groups excluding carboxylic acids is 2. The van der Waals surface area contributed by atoms with E-state index in [1.54, 1.807) is 24.5 Å². The van der Waals surface area contributed by atoms with Crippen LogP contribution in [0.3, 0.4) is 0 Å². The number of pyridine rings is 1. The molecule has 0 saturated carbocycles. The molecule has 0 aliphatic carbocycles. The van der Waals surface area contributed by atoms with Gasteiger partial charge in [-0.25, -0.2) is 9.18 Å². The summed E-state index contributed by atoms with van der Waals surface area (Å²) in [6.45, 7) is 1.76. The lowest BCUT2D eigenvalue weighted by molar-refractivity contribution is -0.131. The number of rotatable bonds is 4. The molecule has 6 heteroatoms. The van der Waals surface area contributed by atoms with E-state index in [1.165, 1.54) is 19.1 Å². The molecule has 0 spiro atoms. The lowest BCUT2D eigenvalue weighted by Crippen LogP contribution is -2.41. The maximum Gasteiger partial charge on any atom is 0.325 e. The number of hydrogen-bond donors (Lipinski definition) is 1. The molecule has 3 rings (SSSR count). The van der Waals surface area contributed by atoms with Crippen molar-refractivity contribution >= 4 is 11.9 Å². The summed E-state index contributed by atoms with van der Waals surface area (Å²) in [5.74, 6) is -0.957. The molecule has 1 fully saturated rings. The maximum atomic E-state index is 14.0. The largest absolute Gasteiger partial charge is 0.325 e. The number of halogens is 1. The molecule has 1 aliphatic rings. The number of urea groups is 1. The number of benzene rings is 1. The van der Waals surface area contributed by atoms with Gasteiger partial charge in [0.15, 0.2) is 0 Å².